The van der Waals surface area contributed by atoms with E-state index in [-0.39, 0.29) is 5.78 Å². The zero-order valence-electron chi connectivity index (χ0n) is 9.45. The summed E-state index contributed by atoms with van der Waals surface area (Å²) in [6.07, 6.45) is 1.85. The molecule has 0 saturated heterocycles. The Kier molecular flexibility index (Phi) is 2.11. The molecule has 2 N–H and O–H groups in total. The highest BCUT2D eigenvalue weighted by atomic mass is 16.1. The van der Waals surface area contributed by atoms with Crippen molar-refractivity contribution in [1.82, 2.24) is 9.97 Å². The van der Waals surface area contributed by atoms with E-state index in [1.807, 2.05) is 30.5 Å². The van der Waals surface area contributed by atoms with Crippen LogP contribution in [-0.4, -0.2) is 15.8 Å². The van der Waals surface area contributed by atoms with Crippen molar-refractivity contribution in [2.24, 2.45) is 0 Å². The van der Waals surface area contributed by atoms with Gasteiger partial charge in [-0.05, 0) is 18.2 Å². The number of Topliss-reactive ketones (excluding diaryl/α,β-unsaturated/α-hetero) is 1. The second kappa shape index (κ2) is 3.63. The van der Waals surface area contributed by atoms with Crippen LogP contribution in [0.2, 0.25) is 0 Å². The van der Waals surface area contributed by atoms with Gasteiger partial charge >= 0.3 is 0 Å². The van der Waals surface area contributed by atoms with Crippen molar-refractivity contribution in [3.05, 3.63) is 48.3 Å². The van der Waals surface area contributed by atoms with Gasteiger partial charge in [-0.3, -0.25) is 4.79 Å². The number of aromatic nitrogens is 2. The van der Waals surface area contributed by atoms with Crippen molar-refractivity contribution >= 4 is 16.7 Å². The topological polar surface area (TPSA) is 48.6 Å². The molecule has 0 aliphatic carbocycles. The molecule has 0 bridgehead atoms. The monoisotopic (exact) mass is 224 g/mol. The molecule has 0 unspecified atom stereocenters. The Labute approximate surface area is 98.5 Å². The van der Waals surface area contributed by atoms with Crippen LogP contribution in [0.4, 0.5) is 0 Å². The molecule has 3 rings (SSSR count). The quantitative estimate of drug-likeness (QED) is 0.644. The first-order valence-electron chi connectivity index (χ1n) is 5.51. The van der Waals surface area contributed by atoms with Crippen molar-refractivity contribution in [3.63, 3.8) is 0 Å². The molecular weight excluding hydrogens is 212 g/mol. The van der Waals surface area contributed by atoms with Gasteiger partial charge in [-0.25, -0.2) is 0 Å². The molecule has 0 atom stereocenters. The molecule has 3 aromatic rings. The summed E-state index contributed by atoms with van der Waals surface area (Å²) in [6.45, 7) is 1.56. The maximum atomic E-state index is 11.2. The smallest absolute Gasteiger partial charge is 0.175 e. The van der Waals surface area contributed by atoms with Gasteiger partial charge in [0.05, 0.1) is 5.69 Å². The van der Waals surface area contributed by atoms with Crippen LogP contribution >= 0.6 is 0 Å². The van der Waals surface area contributed by atoms with E-state index >= 15 is 0 Å². The standard InChI is InChI=1S/C14H12N2O/c1-9(17)13-7-11(8-15-13)14-6-10-4-2-3-5-12(10)16-14/h2-8,15-16H,1H3. The van der Waals surface area contributed by atoms with Crippen molar-refractivity contribution < 1.29 is 4.79 Å². The minimum atomic E-state index is 0.0485. The van der Waals surface area contributed by atoms with Crippen molar-refractivity contribution in [2.75, 3.05) is 0 Å². The minimum absolute atomic E-state index is 0.0485. The van der Waals surface area contributed by atoms with E-state index in [0.717, 1.165) is 16.8 Å². The van der Waals surface area contributed by atoms with Crippen LogP contribution in [0.3, 0.4) is 0 Å². The van der Waals surface area contributed by atoms with Crippen LogP contribution in [0, 0.1) is 0 Å². The third kappa shape index (κ3) is 1.65. The number of H-pyrrole nitrogens is 2. The molecule has 17 heavy (non-hydrogen) atoms. The lowest BCUT2D eigenvalue weighted by molar-refractivity contribution is 0.101. The molecule has 0 aliphatic rings. The first-order valence-corrected chi connectivity index (χ1v) is 5.51. The molecule has 0 amide bonds. The Hall–Kier alpha value is -2.29. The molecule has 3 nitrogen and oxygen atoms in total. The number of fused-ring (bicyclic) bond motifs is 1. The summed E-state index contributed by atoms with van der Waals surface area (Å²) < 4.78 is 0. The predicted octanol–water partition coefficient (Wildman–Crippen LogP) is 3.37. The number of carbonyl (C=O) groups excluding carboxylic acids is 1. The van der Waals surface area contributed by atoms with E-state index in [1.54, 1.807) is 6.92 Å². The lowest BCUT2D eigenvalue weighted by Gasteiger charge is -1.89. The maximum Gasteiger partial charge on any atom is 0.175 e. The van der Waals surface area contributed by atoms with E-state index in [9.17, 15) is 4.79 Å². The van der Waals surface area contributed by atoms with E-state index in [1.165, 1.54) is 5.39 Å². The lowest BCUT2D eigenvalue weighted by Crippen LogP contribution is -1.89. The number of carbonyl (C=O) groups is 1. The Balaban J connectivity index is 2.10. The summed E-state index contributed by atoms with van der Waals surface area (Å²) in [6, 6.07) is 12.1. The van der Waals surface area contributed by atoms with Gasteiger partial charge in [0, 0.05) is 35.3 Å². The Morgan fingerprint density at radius 3 is 2.71 bits per heavy atom. The number of hydrogen-bond donors (Lipinski definition) is 2. The predicted molar refractivity (Wildman–Crippen MR) is 68.1 cm³/mol. The van der Waals surface area contributed by atoms with E-state index < -0.39 is 0 Å². The first kappa shape index (κ1) is 9.90. The van der Waals surface area contributed by atoms with Crippen molar-refractivity contribution in [3.8, 4) is 11.3 Å². The van der Waals surface area contributed by atoms with Crippen LogP contribution in [0.15, 0.2) is 42.6 Å². The Morgan fingerprint density at radius 2 is 2.00 bits per heavy atom. The van der Waals surface area contributed by atoms with Crippen LogP contribution in [-0.2, 0) is 0 Å². The Morgan fingerprint density at radius 1 is 1.18 bits per heavy atom. The number of nitrogens with one attached hydrogen (secondary N) is 2. The number of aromatic amines is 2. The molecule has 2 heterocycles. The molecule has 3 heteroatoms. The normalized spacial score (nSPS) is 10.9. The maximum absolute atomic E-state index is 11.2. The second-order valence-corrected chi connectivity index (χ2v) is 4.13. The van der Waals surface area contributed by atoms with E-state index in [4.69, 9.17) is 0 Å². The number of hydrogen-bond acceptors (Lipinski definition) is 1. The van der Waals surface area contributed by atoms with Gasteiger partial charge < -0.3 is 9.97 Å². The highest BCUT2D eigenvalue weighted by molar-refractivity contribution is 5.94. The Bertz CT molecular complexity index is 658. The molecule has 0 saturated carbocycles. The summed E-state index contributed by atoms with van der Waals surface area (Å²) in [5.41, 5.74) is 3.77. The zero-order chi connectivity index (χ0) is 11.8. The summed E-state index contributed by atoms with van der Waals surface area (Å²) in [4.78, 5) is 17.5. The summed E-state index contributed by atoms with van der Waals surface area (Å²) in [7, 11) is 0. The van der Waals surface area contributed by atoms with E-state index in [0.29, 0.717) is 5.69 Å². The van der Waals surface area contributed by atoms with Crippen LogP contribution < -0.4 is 0 Å². The molecular formula is C14H12N2O. The summed E-state index contributed by atoms with van der Waals surface area (Å²) >= 11 is 0. The van der Waals surface area contributed by atoms with Gasteiger partial charge in [-0.2, -0.15) is 0 Å². The minimum Gasteiger partial charge on any atom is -0.358 e. The third-order valence-electron chi connectivity index (χ3n) is 2.90. The highest BCUT2D eigenvalue weighted by Gasteiger charge is 2.07. The molecule has 1 aromatic carbocycles. The van der Waals surface area contributed by atoms with Crippen LogP contribution in [0.1, 0.15) is 17.4 Å². The number of para-hydroxylation sites is 1. The summed E-state index contributed by atoms with van der Waals surface area (Å²) in [5, 5.41) is 1.17. The molecule has 0 fully saturated rings. The first-order chi connectivity index (χ1) is 8.24. The van der Waals surface area contributed by atoms with Gasteiger partial charge in [0.2, 0.25) is 0 Å². The highest BCUT2D eigenvalue weighted by Crippen LogP contribution is 2.24. The van der Waals surface area contributed by atoms with Crippen molar-refractivity contribution in [2.45, 2.75) is 6.92 Å². The van der Waals surface area contributed by atoms with Crippen molar-refractivity contribution in [1.29, 1.82) is 0 Å². The summed E-state index contributed by atoms with van der Waals surface area (Å²) in [5.74, 6) is 0.0485. The molecule has 0 radical (unpaired) electrons. The fraction of sp³-hybridized carbons (Fsp3) is 0.0714. The van der Waals surface area contributed by atoms with Gasteiger partial charge in [-0.15, -0.1) is 0 Å². The zero-order valence-corrected chi connectivity index (χ0v) is 9.45. The number of rotatable bonds is 2. The average Bonchev–Trinajstić information content (AvgIpc) is 2.95. The number of ketones is 1. The van der Waals surface area contributed by atoms with Crippen LogP contribution in [0.25, 0.3) is 22.2 Å². The SMILES string of the molecule is CC(=O)c1cc(-c2cc3ccccc3[nH]2)c[nH]1. The van der Waals surface area contributed by atoms with Gasteiger partial charge in [0.1, 0.15) is 0 Å². The molecule has 0 aliphatic heterocycles. The largest absolute Gasteiger partial charge is 0.358 e. The molecule has 2 aromatic heterocycles. The average molecular weight is 224 g/mol. The molecule has 84 valence electrons. The third-order valence-corrected chi connectivity index (χ3v) is 2.90. The van der Waals surface area contributed by atoms with Gasteiger partial charge in [0.15, 0.2) is 5.78 Å². The second-order valence-electron chi connectivity index (χ2n) is 4.13. The van der Waals surface area contributed by atoms with Gasteiger partial charge in [0.25, 0.3) is 0 Å². The number of benzene rings is 1. The fourth-order valence-electron chi connectivity index (χ4n) is 1.98. The fourth-order valence-corrected chi connectivity index (χ4v) is 1.98. The van der Waals surface area contributed by atoms with Gasteiger partial charge in [-0.1, -0.05) is 18.2 Å². The molecule has 0 spiro atoms. The van der Waals surface area contributed by atoms with Crippen LogP contribution in [0.5, 0.6) is 0 Å². The van der Waals surface area contributed by atoms with E-state index in [2.05, 4.69) is 22.1 Å². The lowest BCUT2D eigenvalue weighted by atomic mass is 10.2.